The first-order valence-corrected chi connectivity index (χ1v) is 16.2. The van der Waals surface area contributed by atoms with Crippen molar-refractivity contribution in [1.82, 2.24) is 14.5 Å². The van der Waals surface area contributed by atoms with Gasteiger partial charge in [-0.1, -0.05) is 13.0 Å². The first kappa shape index (κ1) is 28.9. The molecule has 0 atom stereocenters. The van der Waals surface area contributed by atoms with Gasteiger partial charge in [-0.15, -0.1) is 11.3 Å². The Bertz CT molecular complexity index is 1810. The summed E-state index contributed by atoms with van der Waals surface area (Å²) in [5.41, 5.74) is 5.46. The first-order valence-electron chi connectivity index (χ1n) is 15.4. The van der Waals surface area contributed by atoms with E-state index in [0.717, 1.165) is 55.8 Å². The van der Waals surface area contributed by atoms with Crippen molar-refractivity contribution in [2.75, 3.05) is 36.4 Å². The lowest BCUT2D eigenvalue weighted by molar-refractivity contribution is 0.0984. The smallest absolute Gasteiger partial charge is 0.274 e. The number of nitrogens with zero attached hydrogens (tertiary/aromatic N) is 4. The Hall–Kier alpha value is -3.86. The maximum atomic E-state index is 15.3. The van der Waals surface area contributed by atoms with Crippen LogP contribution in [0.25, 0.3) is 11.1 Å². The second-order valence-electron chi connectivity index (χ2n) is 12.0. The number of likely N-dealkylation sites (tertiary alicyclic amines) is 1. The number of aryl methyl sites for hydroxylation is 2. The summed E-state index contributed by atoms with van der Waals surface area (Å²) in [6.07, 6.45) is 8.49. The number of benzene rings is 1. The van der Waals surface area contributed by atoms with Gasteiger partial charge in [0.2, 0.25) is 0 Å². The van der Waals surface area contributed by atoms with E-state index in [1.165, 1.54) is 32.7 Å². The minimum Gasteiger partial charge on any atom is -0.392 e. The van der Waals surface area contributed by atoms with Gasteiger partial charge in [0.05, 0.1) is 17.2 Å². The lowest BCUT2D eigenvalue weighted by Crippen LogP contribution is -2.44. The highest BCUT2D eigenvalue weighted by molar-refractivity contribution is 7.14. The van der Waals surface area contributed by atoms with Crippen LogP contribution < -0.4 is 15.8 Å². The molecule has 10 heteroatoms. The SMILES string of the molecule is CCN1CC(c2ccc(Nc3cc(-c4cc(F)cc(N5CCc6c(sc7c6CCCC7)C5=O)c4CO)cn(C)c3=O)nc2)C1. The van der Waals surface area contributed by atoms with E-state index in [4.69, 9.17) is 0 Å². The standard InChI is InChI=1S/C34H36FN5O3S/c1-3-39-17-22(18-39)20-8-9-31(36-15-20)37-28-12-21(16-38(2)33(28)42)26-13-23(35)14-29(27(26)19-41)40-11-10-25-24-6-4-5-7-30(24)44-32(25)34(40)43/h8-9,12-16,22,41H,3-7,10-11,17-19H2,1-2H3,(H,36,37). The Morgan fingerprint density at radius 3 is 2.66 bits per heavy atom. The molecule has 3 aliphatic rings. The average molecular weight is 614 g/mol. The highest BCUT2D eigenvalue weighted by Gasteiger charge is 2.34. The van der Waals surface area contributed by atoms with E-state index in [9.17, 15) is 14.7 Å². The lowest BCUT2D eigenvalue weighted by Gasteiger charge is -2.38. The van der Waals surface area contributed by atoms with E-state index < -0.39 is 12.4 Å². The topological polar surface area (TPSA) is 90.7 Å². The molecule has 0 spiro atoms. The number of hydrogen-bond acceptors (Lipinski definition) is 7. The number of halogens is 1. The minimum absolute atomic E-state index is 0.140. The number of aromatic nitrogens is 2. The van der Waals surface area contributed by atoms with Crippen molar-refractivity contribution in [3.63, 3.8) is 0 Å². The van der Waals surface area contributed by atoms with Gasteiger partial charge in [0.1, 0.15) is 17.3 Å². The van der Waals surface area contributed by atoms with Crippen LogP contribution in [0.5, 0.6) is 0 Å². The van der Waals surface area contributed by atoms with Gasteiger partial charge in [-0.05, 0) is 85.2 Å². The summed E-state index contributed by atoms with van der Waals surface area (Å²) >= 11 is 1.57. The summed E-state index contributed by atoms with van der Waals surface area (Å²) in [4.78, 5) is 37.5. The van der Waals surface area contributed by atoms with Crippen LogP contribution in [0.1, 0.15) is 62.5 Å². The second-order valence-corrected chi connectivity index (χ2v) is 13.1. The van der Waals surface area contributed by atoms with Crippen LogP contribution in [-0.4, -0.2) is 51.6 Å². The Kier molecular flexibility index (Phi) is 7.60. The normalized spacial score (nSPS) is 16.9. The first-order chi connectivity index (χ1) is 21.3. The summed E-state index contributed by atoms with van der Waals surface area (Å²) in [5.74, 6) is 0.341. The van der Waals surface area contributed by atoms with Crippen molar-refractivity contribution in [2.24, 2.45) is 7.05 Å². The number of nitrogens with one attached hydrogen (secondary N) is 1. The summed E-state index contributed by atoms with van der Waals surface area (Å²) in [6.45, 7) is 5.27. The number of carbonyl (C=O) groups excluding carboxylic acids is 1. The fraction of sp³-hybridized carbons (Fsp3) is 0.382. The number of likely N-dealkylation sites (N-methyl/N-ethyl adjacent to an activating group) is 1. The Labute approximate surface area is 259 Å². The number of anilines is 3. The van der Waals surface area contributed by atoms with Gasteiger partial charge < -0.3 is 24.8 Å². The van der Waals surface area contributed by atoms with Crippen LogP contribution in [0, 0.1) is 5.82 Å². The Morgan fingerprint density at radius 1 is 1.09 bits per heavy atom. The molecule has 0 unspecified atom stereocenters. The molecule has 0 bridgehead atoms. The summed E-state index contributed by atoms with van der Waals surface area (Å²) in [7, 11) is 1.64. The zero-order chi connectivity index (χ0) is 30.5. The third kappa shape index (κ3) is 5.04. The second kappa shape index (κ2) is 11.6. The number of aliphatic hydroxyl groups is 1. The van der Waals surface area contributed by atoms with Crippen molar-refractivity contribution in [2.45, 2.75) is 51.6 Å². The molecule has 1 amide bonds. The number of rotatable bonds is 7. The zero-order valence-corrected chi connectivity index (χ0v) is 25.8. The Balaban J connectivity index is 1.21. The molecule has 0 radical (unpaired) electrons. The van der Waals surface area contributed by atoms with Crippen molar-refractivity contribution < 1.29 is 14.3 Å². The summed E-state index contributed by atoms with van der Waals surface area (Å²) < 4.78 is 16.7. The summed E-state index contributed by atoms with van der Waals surface area (Å²) in [6, 6.07) is 8.25. The van der Waals surface area contributed by atoms with Crippen LogP contribution >= 0.6 is 11.3 Å². The van der Waals surface area contributed by atoms with E-state index in [1.54, 1.807) is 35.5 Å². The third-order valence-electron chi connectivity index (χ3n) is 9.36. The number of carbonyl (C=O) groups is 1. The molecule has 44 heavy (non-hydrogen) atoms. The molecule has 3 aromatic heterocycles. The molecule has 1 saturated heterocycles. The van der Waals surface area contributed by atoms with Crippen LogP contribution in [0.2, 0.25) is 0 Å². The molecular weight excluding hydrogens is 577 g/mol. The maximum absolute atomic E-state index is 15.3. The van der Waals surface area contributed by atoms with E-state index in [2.05, 4.69) is 22.1 Å². The summed E-state index contributed by atoms with van der Waals surface area (Å²) in [5, 5.41) is 13.7. The quantitative estimate of drug-likeness (QED) is 0.291. The van der Waals surface area contributed by atoms with Crippen molar-refractivity contribution in [1.29, 1.82) is 0 Å². The van der Waals surface area contributed by atoms with Gasteiger partial charge in [-0.2, -0.15) is 0 Å². The van der Waals surface area contributed by atoms with Crippen LogP contribution in [0.3, 0.4) is 0 Å². The van der Waals surface area contributed by atoms with E-state index in [-0.39, 0.29) is 17.2 Å². The molecule has 2 N–H and O–H groups in total. The lowest BCUT2D eigenvalue weighted by atomic mass is 9.91. The van der Waals surface area contributed by atoms with Gasteiger partial charge >= 0.3 is 0 Å². The predicted octanol–water partition coefficient (Wildman–Crippen LogP) is 5.38. The van der Waals surface area contributed by atoms with Crippen molar-refractivity contribution >= 4 is 34.4 Å². The average Bonchev–Trinajstić information content (AvgIpc) is 3.39. The molecule has 1 aromatic carbocycles. The monoisotopic (exact) mass is 613 g/mol. The van der Waals surface area contributed by atoms with Crippen molar-refractivity contribution in [3.05, 3.63) is 90.9 Å². The Morgan fingerprint density at radius 2 is 1.91 bits per heavy atom. The number of hydrogen-bond donors (Lipinski definition) is 2. The number of fused-ring (bicyclic) bond motifs is 3. The number of thiophene rings is 1. The third-order valence-corrected chi connectivity index (χ3v) is 10.7. The van der Waals surface area contributed by atoms with Gasteiger partial charge in [0, 0.05) is 61.0 Å². The molecule has 2 aliphatic heterocycles. The van der Waals surface area contributed by atoms with Crippen LogP contribution in [-0.2, 0) is 32.9 Å². The predicted molar refractivity (Wildman–Crippen MR) is 172 cm³/mol. The van der Waals surface area contributed by atoms with Crippen LogP contribution in [0.4, 0.5) is 21.6 Å². The fourth-order valence-electron chi connectivity index (χ4n) is 6.88. The molecular formula is C34H36FN5O3S. The highest BCUT2D eigenvalue weighted by atomic mass is 32.1. The molecule has 7 rings (SSSR count). The van der Waals surface area contributed by atoms with E-state index in [1.807, 2.05) is 18.3 Å². The number of pyridine rings is 2. The minimum atomic E-state index is -0.519. The van der Waals surface area contributed by atoms with Gasteiger partial charge in [-0.3, -0.25) is 9.59 Å². The zero-order valence-electron chi connectivity index (χ0n) is 25.0. The molecule has 1 aliphatic carbocycles. The number of amides is 1. The highest BCUT2D eigenvalue weighted by Crippen LogP contribution is 2.41. The maximum Gasteiger partial charge on any atom is 0.274 e. The van der Waals surface area contributed by atoms with Gasteiger partial charge in [-0.25, -0.2) is 9.37 Å². The molecule has 5 heterocycles. The molecule has 1 fully saturated rings. The van der Waals surface area contributed by atoms with E-state index >= 15 is 4.39 Å². The number of aliphatic hydroxyl groups excluding tert-OH is 1. The van der Waals surface area contributed by atoms with Crippen LogP contribution in [0.15, 0.2) is 47.5 Å². The van der Waals surface area contributed by atoms with Gasteiger partial charge in [0.25, 0.3) is 11.5 Å². The van der Waals surface area contributed by atoms with Crippen molar-refractivity contribution in [3.8, 4) is 11.1 Å². The molecule has 8 nitrogen and oxygen atoms in total. The van der Waals surface area contributed by atoms with Gasteiger partial charge in [0.15, 0.2) is 0 Å². The molecule has 228 valence electrons. The fourth-order valence-corrected chi connectivity index (χ4v) is 8.27. The largest absolute Gasteiger partial charge is 0.392 e. The molecule has 0 saturated carbocycles. The van der Waals surface area contributed by atoms with E-state index in [0.29, 0.717) is 47.1 Å². The molecule has 4 aromatic rings.